The fourth-order valence-electron chi connectivity index (χ4n) is 2.89. The standard InChI is InChI=1S/C14H13F3O6S/c1-2-21-13(18)12-9-6-22-10-5-7(3-4-8(10)11(9)12)23-24(19,20)14(15,16)17/h3-5,9,11-12H,2,6H2,1H3/t9-,11+,12-/m1/s1. The maximum Gasteiger partial charge on any atom is 0.534 e. The van der Waals surface area contributed by atoms with Crippen LogP contribution in [0.1, 0.15) is 18.4 Å². The minimum atomic E-state index is -5.74. The maximum atomic E-state index is 12.3. The van der Waals surface area contributed by atoms with Crippen LogP contribution >= 0.6 is 0 Å². The van der Waals surface area contributed by atoms with Crippen molar-refractivity contribution in [2.75, 3.05) is 13.2 Å². The van der Waals surface area contributed by atoms with Crippen LogP contribution in [0.2, 0.25) is 0 Å². The van der Waals surface area contributed by atoms with E-state index in [0.717, 1.165) is 12.1 Å². The van der Waals surface area contributed by atoms with E-state index >= 15 is 0 Å². The Kier molecular flexibility index (Phi) is 3.89. The van der Waals surface area contributed by atoms with E-state index in [9.17, 15) is 26.4 Å². The van der Waals surface area contributed by atoms with Crippen LogP contribution in [0, 0.1) is 11.8 Å². The van der Waals surface area contributed by atoms with Crippen LogP contribution in [0.25, 0.3) is 0 Å². The molecule has 1 aliphatic carbocycles. The van der Waals surface area contributed by atoms with E-state index < -0.39 is 21.4 Å². The van der Waals surface area contributed by atoms with Gasteiger partial charge in [-0.25, -0.2) is 0 Å². The number of halogens is 3. The second kappa shape index (κ2) is 5.54. The lowest BCUT2D eigenvalue weighted by Crippen LogP contribution is -2.28. The molecule has 1 aromatic carbocycles. The largest absolute Gasteiger partial charge is 0.534 e. The first-order valence-electron chi connectivity index (χ1n) is 7.10. The minimum absolute atomic E-state index is 0.0396. The van der Waals surface area contributed by atoms with E-state index in [1.54, 1.807) is 6.92 Å². The Bertz CT molecular complexity index is 773. The first-order valence-corrected chi connectivity index (χ1v) is 8.50. The van der Waals surface area contributed by atoms with Crippen LogP contribution in [0.15, 0.2) is 18.2 Å². The smallest absolute Gasteiger partial charge is 0.493 e. The van der Waals surface area contributed by atoms with Crippen LogP contribution in [0.4, 0.5) is 13.2 Å². The zero-order valence-corrected chi connectivity index (χ0v) is 13.2. The van der Waals surface area contributed by atoms with Gasteiger partial charge in [0.15, 0.2) is 0 Å². The summed E-state index contributed by atoms with van der Waals surface area (Å²) in [6, 6.07) is 3.59. The molecule has 1 heterocycles. The summed E-state index contributed by atoms with van der Waals surface area (Å²) >= 11 is 0. The summed E-state index contributed by atoms with van der Waals surface area (Å²) in [5.41, 5.74) is -4.89. The van der Waals surface area contributed by atoms with Crippen molar-refractivity contribution in [2.45, 2.75) is 18.3 Å². The van der Waals surface area contributed by atoms with Crippen LogP contribution in [0.3, 0.4) is 0 Å². The summed E-state index contributed by atoms with van der Waals surface area (Å²) in [4.78, 5) is 11.8. The third kappa shape index (κ3) is 2.79. The molecule has 0 spiro atoms. The molecule has 0 bridgehead atoms. The SMILES string of the molecule is CCOC(=O)[C@@H]1[C@@H]2COc3cc(OS(=O)(=O)C(F)(F)F)ccc3[C@@H]21. The van der Waals surface area contributed by atoms with Gasteiger partial charge in [0, 0.05) is 17.9 Å². The van der Waals surface area contributed by atoms with Gasteiger partial charge in [-0.2, -0.15) is 21.6 Å². The number of benzene rings is 1. The first-order chi connectivity index (χ1) is 11.2. The monoisotopic (exact) mass is 366 g/mol. The van der Waals surface area contributed by atoms with Crippen molar-refractivity contribution in [3.05, 3.63) is 23.8 Å². The lowest BCUT2D eigenvalue weighted by atomic mass is 10.1. The van der Waals surface area contributed by atoms with E-state index in [-0.39, 0.29) is 42.7 Å². The van der Waals surface area contributed by atoms with Crippen molar-refractivity contribution >= 4 is 16.1 Å². The fourth-order valence-corrected chi connectivity index (χ4v) is 3.34. The topological polar surface area (TPSA) is 78.9 Å². The van der Waals surface area contributed by atoms with E-state index in [1.807, 2.05) is 0 Å². The zero-order valence-electron chi connectivity index (χ0n) is 12.4. The highest BCUT2D eigenvalue weighted by Crippen LogP contribution is 2.59. The second-order valence-electron chi connectivity index (χ2n) is 5.46. The molecule has 0 radical (unpaired) electrons. The van der Waals surface area contributed by atoms with E-state index in [0.29, 0.717) is 5.56 Å². The number of esters is 1. The van der Waals surface area contributed by atoms with Gasteiger partial charge >= 0.3 is 21.6 Å². The van der Waals surface area contributed by atoms with Crippen LogP contribution in [-0.4, -0.2) is 33.1 Å². The van der Waals surface area contributed by atoms with Gasteiger partial charge in [-0.1, -0.05) is 6.07 Å². The Labute approximate surface area is 135 Å². The molecule has 1 aromatic rings. The Morgan fingerprint density at radius 3 is 2.71 bits per heavy atom. The van der Waals surface area contributed by atoms with Crippen molar-refractivity contribution < 1.29 is 40.0 Å². The number of carbonyl (C=O) groups is 1. The molecule has 0 saturated heterocycles. The van der Waals surface area contributed by atoms with Crippen LogP contribution in [0.5, 0.6) is 11.5 Å². The quantitative estimate of drug-likeness (QED) is 0.462. The molecule has 0 aromatic heterocycles. The van der Waals surface area contributed by atoms with Gasteiger partial charge < -0.3 is 13.7 Å². The highest BCUT2D eigenvalue weighted by Gasteiger charge is 2.59. The van der Waals surface area contributed by atoms with Gasteiger partial charge in [0.2, 0.25) is 0 Å². The van der Waals surface area contributed by atoms with Crippen LogP contribution < -0.4 is 8.92 Å². The number of ether oxygens (including phenoxy) is 2. The van der Waals surface area contributed by atoms with Gasteiger partial charge in [-0.15, -0.1) is 0 Å². The molecule has 1 fully saturated rings. The Hall–Kier alpha value is -1.97. The molecular weight excluding hydrogens is 353 g/mol. The Morgan fingerprint density at radius 2 is 2.08 bits per heavy atom. The first kappa shape index (κ1) is 16.9. The van der Waals surface area contributed by atoms with Crippen molar-refractivity contribution in [2.24, 2.45) is 11.8 Å². The number of hydrogen-bond acceptors (Lipinski definition) is 6. The minimum Gasteiger partial charge on any atom is -0.493 e. The maximum absolute atomic E-state index is 12.3. The number of rotatable bonds is 4. The van der Waals surface area contributed by atoms with Gasteiger partial charge in [0.05, 0.1) is 19.1 Å². The summed E-state index contributed by atoms with van der Waals surface area (Å²) in [6.45, 7) is 2.15. The average Bonchev–Trinajstić information content (AvgIpc) is 3.20. The molecule has 132 valence electrons. The summed E-state index contributed by atoms with van der Waals surface area (Å²) in [7, 11) is -5.74. The summed E-state index contributed by atoms with van der Waals surface area (Å²) < 4.78 is 73.5. The molecule has 0 amide bonds. The van der Waals surface area contributed by atoms with E-state index in [1.165, 1.54) is 6.07 Å². The molecule has 0 N–H and O–H groups in total. The molecule has 1 saturated carbocycles. The van der Waals surface area contributed by atoms with Crippen LogP contribution in [-0.2, 0) is 19.6 Å². The molecule has 10 heteroatoms. The molecule has 2 aliphatic rings. The lowest BCUT2D eigenvalue weighted by Gasteiger charge is -2.17. The molecule has 3 atom stereocenters. The van der Waals surface area contributed by atoms with Crippen molar-refractivity contribution in [3.63, 3.8) is 0 Å². The van der Waals surface area contributed by atoms with Crippen molar-refractivity contribution in [1.29, 1.82) is 0 Å². The molecule has 0 unspecified atom stereocenters. The molecular formula is C14H13F3O6S. The highest BCUT2D eigenvalue weighted by molar-refractivity contribution is 7.88. The predicted molar refractivity (Wildman–Crippen MR) is 73.9 cm³/mol. The molecule has 6 nitrogen and oxygen atoms in total. The second-order valence-corrected chi connectivity index (χ2v) is 7.00. The Morgan fingerprint density at radius 1 is 1.38 bits per heavy atom. The number of fused-ring (bicyclic) bond motifs is 3. The number of hydrogen-bond donors (Lipinski definition) is 0. The van der Waals surface area contributed by atoms with Gasteiger partial charge in [-0.3, -0.25) is 4.79 Å². The molecule has 24 heavy (non-hydrogen) atoms. The predicted octanol–water partition coefficient (Wildman–Crippen LogP) is 2.20. The highest BCUT2D eigenvalue weighted by atomic mass is 32.2. The fraction of sp³-hybridized carbons (Fsp3) is 0.500. The van der Waals surface area contributed by atoms with Gasteiger partial charge in [-0.05, 0) is 18.6 Å². The zero-order chi connectivity index (χ0) is 17.7. The lowest BCUT2D eigenvalue weighted by molar-refractivity contribution is -0.145. The van der Waals surface area contributed by atoms with Crippen molar-refractivity contribution in [3.8, 4) is 11.5 Å². The summed E-state index contributed by atoms with van der Waals surface area (Å²) in [5, 5.41) is 0. The van der Waals surface area contributed by atoms with Gasteiger partial charge in [0.1, 0.15) is 11.5 Å². The van der Waals surface area contributed by atoms with E-state index in [2.05, 4.69) is 4.18 Å². The summed E-state index contributed by atoms with van der Waals surface area (Å²) in [6.07, 6.45) is 0. The van der Waals surface area contributed by atoms with Gasteiger partial charge in [0.25, 0.3) is 0 Å². The molecule has 3 rings (SSSR count). The Balaban J connectivity index is 1.81. The summed E-state index contributed by atoms with van der Waals surface area (Å²) in [5.74, 6) is -1.17. The normalized spacial score (nSPS) is 25.1. The average molecular weight is 366 g/mol. The number of carbonyl (C=O) groups excluding carboxylic acids is 1. The third-order valence-corrected chi connectivity index (χ3v) is 4.97. The number of alkyl halides is 3. The van der Waals surface area contributed by atoms with Crippen molar-refractivity contribution in [1.82, 2.24) is 0 Å². The third-order valence-electron chi connectivity index (χ3n) is 3.99. The van der Waals surface area contributed by atoms with E-state index in [4.69, 9.17) is 9.47 Å². The molecule has 1 aliphatic heterocycles.